The number of carbonyl (C=O) groups excluding carboxylic acids is 1. The zero-order valence-corrected chi connectivity index (χ0v) is 10.3. The fourth-order valence-electron chi connectivity index (χ4n) is 1.07. The molecular weight excluding hydrogens is 239 g/mol. The summed E-state index contributed by atoms with van der Waals surface area (Å²) in [5.41, 5.74) is -2.78. The van der Waals surface area contributed by atoms with Crippen LogP contribution in [0.3, 0.4) is 0 Å². The van der Waals surface area contributed by atoms with E-state index in [1.54, 1.807) is 20.8 Å². The van der Waals surface area contributed by atoms with Gasteiger partial charge in [-0.05, 0) is 27.7 Å². The number of alkyl carbamates (subject to hydrolysis) is 1. The van der Waals surface area contributed by atoms with E-state index in [9.17, 15) is 23.1 Å². The fraction of sp³-hybridized carbons (Fsp3) is 0.900. The average molecular weight is 257 g/mol. The highest BCUT2D eigenvalue weighted by atomic mass is 19.4. The zero-order valence-electron chi connectivity index (χ0n) is 10.3. The molecular formula is C10H18F3NO3. The van der Waals surface area contributed by atoms with Gasteiger partial charge in [-0.25, -0.2) is 4.79 Å². The highest BCUT2D eigenvalue weighted by Crippen LogP contribution is 2.26. The highest BCUT2D eigenvalue weighted by molar-refractivity contribution is 5.67. The second-order valence-corrected chi connectivity index (χ2v) is 5.14. The van der Waals surface area contributed by atoms with Crippen LogP contribution < -0.4 is 5.32 Å². The van der Waals surface area contributed by atoms with Crippen LogP contribution in [-0.2, 0) is 4.74 Å². The van der Waals surface area contributed by atoms with Gasteiger partial charge in [-0.15, -0.1) is 0 Å². The summed E-state index contributed by atoms with van der Waals surface area (Å²) in [6, 6.07) is 0. The summed E-state index contributed by atoms with van der Waals surface area (Å²) < 4.78 is 40.9. The summed E-state index contributed by atoms with van der Waals surface area (Å²) >= 11 is 0. The average Bonchev–Trinajstić information content (AvgIpc) is 1.92. The first kappa shape index (κ1) is 16.0. The van der Waals surface area contributed by atoms with Gasteiger partial charge in [0.05, 0.1) is 12.0 Å². The molecule has 0 rings (SSSR count). The lowest BCUT2D eigenvalue weighted by atomic mass is 10.0. The Balaban J connectivity index is 4.15. The third kappa shape index (κ3) is 9.92. The fourth-order valence-corrected chi connectivity index (χ4v) is 1.07. The van der Waals surface area contributed by atoms with Gasteiger partial charge >= 0.3 is 12.3 Å². The number of amides is 1. The van der Waals surface area contributed by atoms with Crippen LogP contribution in [0.1, 0.15) is 34.1 Å². The summed E-state index contributed by atoms with van der Waals surface area (Å²) in [5.74, 6) is 0. The minimum absolute atomic E-state index is 0.526. The lowest BCUT2D eigenvalue weighted by Gasteiger charge is -2.26. The molecule has 0 aliphatic heterocycles. The molecule has 1 atom stereocenters. The molecule has 0 aromatic carbocycles. The van der Waals surface area contributed by atoms with Crippen molar-refractivity contribution in [1.29, 1.82) is 0 Å². The molecule has 4 nitrogen and oxygen atoms in total. The molecule has 0 radical (unpaired) electrons. The number of alkyl halides is 3. The number of rotatable bonds is 3. The molecule has 0 spiro atoms. The Labute approximate surface area is 98.1 Å². The number of carbonyl (C=O) groups is 1. The van der Waals surface area contributed by atoms with Crippen LogP contribution >= 0.6 is 0 Å². The van der Waals surface area contributed by atoms with Crippen LogP contribution in [-0.4, -0.2) is 35.1 Å². The minimum Gasteiger partial charge on any atom is -0.444 e. The smallest absolute Gasteiger partial charge is 0.407 e. The van der Waals surface area contributed by atoms with Crippen molar-refractivity contribution in [3.8, 4) is 0 Å². The van der Waals surface area contributed by atoms with E-state index in [4.69, 9.17) is 4.74 Å². The number of aliphatic hydroxyl groups is 1. The summed E-state index contributed by atoms with van der Waals surface area (Å²) in [5, 5.41) is 11.5. The standard InChI is InChI=1S/C10H18F3NO3/c1-8(2,3)17-7(15)14-6-9(4,16)5-10(11,12)13/h16H,5-6H2,1-4H3,(H,14,15). The van der Waals surface area contributed by atoms with Crippen molar-refractivity contribution < 1.29 is 27.8 Å². The van der Waals surface area contributed by atoms with E-state index in [-0.39, 0.29) is 0 Å². The minimum atomic E-state index is -4.49. The van der Waals surface area contributed by atoms with E-state index in [1.165, 1.54) is 0 Å². The number of ether oxygens (including phenoxy) is 1. The maximum Gasteiger partial charge on any atom is 0.407 e. The van der Waals surface area contributed by atoms with Gasteiger partial charge in [0, 0.05) is 6.54 Å². The lowest BCUT2D eigenvalue weighted by Crippen LogP contribution is -2.45. The van der Waals surface area contributed by atoms with Crippen molar-refractivity contribution in [3.05, 3.63) is 0 Å². The molecule has 1 amide bonds. The quantitative estimate of drug-likeness (QED) is 0.815. The Morgan fingerprint density at radius 2 is 1.71 bits per heavy atom. The number of halogens is 3. The van der Waals surface area contributed by atoms with Crippen LogP contribution in [0.25, 0.3) is 0 Å². The SMILES string of the molecule is CC(O)(CNC(=O)OC(C)(C)C)CC(F)(F)F. The van der Waals surface area contributed by atoms with Gasteiger partial charge in [0.15, 0.2) is 0 Å². The maximum absolute atomic E-state index is 12.0. The summed E-state index contributed by atoms with van der Waals surface area (Å²) in [4.78, 5) is 11.1. The van der Waals surface area contributed by atoms with Crippen LogP contribution in [0.15, 0.2) is 0 Å². The molecule has 7 heteroatoms. The molecule has 0 fully saturated rings. The second kappa shape index (κ2) is 5.12. The molecule has 102 valence electrons. The number of hydrogen-bond donors (Lipinski definition) is 2. The summed E-state index contributed by atoms with van der Waals surface area (Å²) in [6.07, 6.45) is -6.74. The van der Waals surface area contributed by atoms with E-state index < -0.39 is 36.4 Å². The van der Waals surface area contributed by atoms with Gasteiger partial charge in [-0.3, -0.25) is 0 Å². The summed E-state index contributed by atoms with van der Waals surface area (Å²) in [7, 11) is 0. The van der Waals surface area contributed by atoms with Crippen LogP contribution in [0.5, 0.6) is 0 Å². The van der Waals surface area contributed by atoms with Gasteiger partial charge < -0.3 is 15.2 Å². The molecule has 2 N–H and O–H groups in total. The molecule has 1 unspecified atom stereocenters. The van der Waals surface area contributed by atoms with Gasteiger partial charge in [-0.2, -0.15) is 13.2 Å². The van der Waals surface area contributed by atoms with E-state index >= 15 is 0 Å². The first-order valence-corrected chi connectivity index (χ1v) is 5.07. The van der Waals surface area contributed by atoms with Crippen molar-refractivity contribution >= 4 is 6.09 Å². The Hall–Kier alpha value is -0.980. The molecule has 0 aliphatic rings. The van der Waals surface area contributed by atoms with Crippen molar-refractivity contribution in [2.75, 3.05) is 6.54 Å². The van der Waals surface area contributed by atoms with E-state index in [0.29, 0.717) is 0 Å². The van der Waals surface area contributed by atoms with Crippen LogP contribution in [0, 0.1) is 0 Å². The van der Waals surface area contributed by atoms with Gasteiger partial charge in [0.25, 0.3) is 0 Å². The first-order valence-electron chi connectivity index (χ1n) is 5.07. The van der Waals surface area contributed by atoms with Gasteiger partial charge in [-0.1, -0.05) is 0 Å². The van der Waals surface area contributed by atoms with Crippen LogP contribution in [0.4, 0.5) is 18.0 Å². The molecule has 0 aromatic rings. The number of hydrogen-bond acceptors (Lipinski definition) is 3. The molecule has 0 aliphatic carbocycles. The van der Waals surface area contributed by atoms with Crippen molar-refractivity contribution in [3.63, 3.8) is 0 Å². The summed E-state index contributed by atoms with van der Waals surface area (Å²) in [6.45, 7) is 5.35. The predicted molar refractivity (Wildman–Crippen MR) is 55.5 cm³/mol. The van der Waals surface area contributed by atoms with Crippen molar-refractivity contribution in [1.82, 2.24) is 5.32 Å². The van der Waals surface area contributed by atoms with Crippen molar-refractivity contribution in [2.24, 2.45) is 0 Å². The largest absolute Gasteiger partial charge is 0.444 e. The normalized spacial score (nSPS) is 16.2. The number of nitrogens with one attached hydrogen (secondary N) is 1. The Bertz CT molecular complexity index is 269. The first-order chi connectivity index (χ1) is 7.31. The zero-order chi connectivity index (χ0) is 13.9. The molecule has 0 aromatic heterocycles. The Morgan fingerprint density at radius 1 is 1.24 bits per heavy atom. The van der Waals surface area contributed by atoms with Gasteiger partial charge in [0.2, 0.25) is 0 Å². The molecule has 0 saturated heterocycles. The second-order valence-electron chi connectivity index (χ2n) is 5.14. The monoisotopic (exact) mass is 257 g/mol. The third-order valence-electron chi connectivity index (χ3n) is 1.59. The van der Waals surface area contributed by atoms with E-state index in [2.05, 4.69) is 5.32 Å². The maximum atomic E-state index is 12.0. The molecule has 0 saturated carbocycles. The molecule has 17 heavy (non-hydrogen) atoms. The van der Waals surface area contributed by atoms with E-state index in [0.717, 1.165) is 6.92 Å². The van der Waals surface area contributed by atoms with Crippen LogP contribution in [0.2, 0.25) is 0 Å². The third-order valence-corrected chi connectivity index (χ3v) is 1.59. The molecule has 0 bridgehead atoms. The Morgan fingerprint density at radius 3 is 2.06 bits per heavy atom. The van der Waals surface area contributed by atoms with Gasteiger partial charge in [0.1, 0.15) is 5.60 Å². The van der Waals surface area contributed by atoms with E-state index in [1.807, 2.05) is 0 Å². The van der Waals surface area contributed by atoms with Crippen molar-refractivity contribution in [2.45, 2.75) is 51.5 Å². The Kier molecular flexibility index (Phi) is 4.82. The molecule has 0 heterocycles. The lowest BCUT2D eigenvalue weighted by molar-refractivity contribution is -0.171. The highest BCUT2D eigenvalue weighted by Gasteiger charge is 2.38. The predicted octanol–water partition coefficient (Wildman–Crippen LogP) is 2.21. The topological polar surface area (TPSA) is 58.6 Å².